The molecule has 3 aliphatic carbocycles. The SMILES string of the molecule is Cc1cc2c(cc1=c1ncc3c(n1)C=CCC=3)/C(=C(/C#N)c1c(F)c(F)c(C#N)c(F)c1F)c1cc(=c3ncc4c(n3)C=CCC=4)c(C(F)(F)F)cc1=2. The van der Waals surface area contributed by atoms with Crippen LogP contribution in [-0.2, 0) is 6.18 Å². The van der Waals surface area contributed by atoms with Crippen molar-refractivity contribution >= 4 is 35.5 Å². The van der Waals surface area contributed by atoms with Crippen LogP contribution < -0.4 is 10.4 Å². The zero-order chi connectivity index (χ0) is 37.3. The van der Waals surface area contributed by atoms with Gasteiger partial charge in [-0.25, -0.2) is 37.5 Å². The Morgan fingerprint density at radius 2 is 1.23 bits per heavy atom. The molecule has 0 atom stereocenters. The number of hydrogen-bond donors (Lipinski definition) is 0. The number of aryl methyl sites for hydroxylation is 1. The van der Waals surface area contributed by atoms with Gasteiger partial charge in [0.15, 0.2) is 34.2 Å². The van der Waals surface area contributed by atoms with Crippen LogP contribution in [-0.4, -0.2) is 19.9 Å². The first-order valence-corrected chi connectivity index (χ1v) is 16.0. The summed E-state index contributed by atoms with van der Waals surface area (Å²) in [5, 5.41) is 21.0. The fourth-order valence-corrected chi connectivity index (χ4v) is 6.83. The number of allylic oxidation sites excluding steroid dienone is 3. The van der Waals surface area contributed by atoms with E-state index in [-0.39, 0.29) is 38.1 Å². The molecule has 6 nitrogen and oxygen atoms in total. The topological polar surface area (TPSA) is 99.1 Å². The highest BCUT2D eigenvalue weighted by Gasteiger charge is 2.36. The van der Waals surface area contributed by atoms with Crippen molar-refractivity contribution in [2.45, 2.75) is 25.9 Å². The molecule has 0 amide bonds. The summed E-state index contributed by atoms with van der Waals surface area (Å²) < 4.78 is 106. The van der Waals surface area contributed by atoms with E-state index in [0.717, 1.165) is 23.4 Å². The number of nitriles is 2. The number of fused-ring (bicyclic) bond motifs is 4. The highest BCUT2D eigenvalue weighted by Crippen LogP contribution is 2.43. The van der Waals surface area contributed by atoms with Crippen molar-refractivity contribution in [2.24, 2.45) is 0 Å². The van der Waals surface area contributed by atoms with Crippen LogP contribution in [0.3, 0.4) is 0 Å². The first kappa shape index (κ1) is 33.4. The van der Waals surface area contributed by atoms with Crippen molar-refractivity contribution in [1.82, 2.24) is 19.9 Å². The van der Waals surface area contributed by atoms with E-state index in [9.17, 15) is 23.7 Å². The number of benzene rings is 3. The van der Waals surface area contributed by atoms with Gasteiger partial charge in [0.05, 0.1) is 28.1 Å². The molecule has 0 spiro atoms. The average Bonchev–Trinajstić information content (AvgIpc) is 3.46. The standard InChI is InChI=1S/C40H19F7N6/c1-18-10-22-23-13-29(40(45,46)47)26(39-51-17-20-7-3-5-9-31(20)53-39)12-25(23)32(27(14-48)33-36(43)34(41)28(15-49)35(42)37(33)44)24(22)11-21(18)38-50-16-19-6-2-4-8-30(19)52-38/h4-13,16-17H,2-3H2,1H3/b32-27+,38-21?,39-26?. The molecule has 3 aromatic carbocycles. The maximum atomic E-state index is 15.7. The van der Waals surface area contributed by atoms with E-state index in [4.69, 9.17) is 0 Å². The quantitative estimate of drug-likeness (QED) is 0.103. The molecule has 2 heterocycles. The van der Waals surface area contributed by atoms with Crippen molar-refractivity contribution in [3.8, 4) is 12.1 Å². The van der Waals surface area contributed by atoms with Crippen LogP contribution in [0.5, 0.6) is 0 Å². The Hall–Kier alpha value is -6.73. The predicted molar refractivity (Wildman–Crippen MR) is 178 cm³/mol. The second kappa shape index (κ2) is 12.2. The number of halogens is 7. The molecular formula is C40H19F7N6. The highest BCUT2D eigenvalue weighted by atomic mass is 19.4. The maximum absolute atomic E-state index is 15.7. The van der Waals surface area contributed by atoms with Crippen LogP contribution in [0.15, 0.2) is 48.8 Å². The van der Waals surface area contributed by atoms with Gasteiger partial charge in [-0.1, -0.05) is 30.4 Å². The van der Waals surface area contributed by atoms with Crippen LogP contribution in [0.1, 0.15) is 57.6 Å². The molecule has 0 bridgehead atoms. The Labute approximate surface area is 293 Å². The number of aromatic nitrogens is 4. The zero-order valence-corrected chi connectivity index (χ0v) is 27.2. The fourth-order valence-electron chi connectivity index (χ4n) is 6.83. The van der Waals surface area contributed by atoms with E-state index in [0.29, 0.717) is 40.2 Å². The van der Waals surface area contributed by atoms with Crippen LogP contribution in [0.4, 0.5) is 30.7 Å². The van der Waals surface area contributed by atoms with Crippen LogP contribution in [0, 0.1) is 84.7 Å². The number of rotatable bonds is 1. The molecule has 2 aromatic heterocycles. The molecule has 8 rings (SSSR count). The molecule has 0 radical (unpaired) electrons. The molecule has 5 aromatic rings. The monoisotopic (exact) mass is 716 g/mol. The van der Waals surface area contributed by atoms with Crippen molar-refractivity contribution in [2.75, 3.05) is 0 Å². The van der Waals surface area contributed by atoms with Crippen molar-refractivity contribution in [1.29, 1.82) is 10.5 Å². The van der Waals surface area contributed by atoms with E-state index in [1.807, 2.05) is 12.2 Å². The summed E-state index contributed by atoms with van der Waals surface area (Å²) in [4.78, 5) is 17.7. The minimum Gasteiger partial charge on any atom is -0.236 e. The van der Waals surface area contributed by atoms with E-state index < -0.39 is 56.9 Å². The van der Waals surface area contributed by atoms with Gasteiger partial charge in [-0.2, -0.15) is 23.7 Å². The molecular weight excluding hydrogens is 697 g/mol. The highest BCUT2D eigenvalue weighted by molar-refractivity contribution is 6.05. The van der Waals surface area contributed by atoms with Crippen molar-refractivity contribution in [3.63, 3.8) is 0 Å². The van der Waals surface area contributed by atoms with Crippen LogP contribution in [0.2, 0.25) is 0 Å². The third-order valence-electron chi connectivity index (χ3n) is 9.32. The van der Waals surface area contributed by atoms with Gasteiger partial charge < -0.3 is 0 Å². The molecule has 53 heavy (non-hydrogen) atoms. The largest absolute Gasteiger partial charge is 0.417 e. The number of alkyl halides is 3. The molecule has 0 N–H and O–H groups in total. The lowest BCUT2D eigenvalue weighted by Crippen LogP contribution is -2.13. The van der Waals surface area contributed by atoms with E-state index in [1.54, 1.807) is 43.5 Å². The second-order valence-corrected chi connectivity index (χ2v) is 12.4. The first-order valence-electron chi connectivity index (χ1n) is 16.0. The normalized spacial score (nSPS) is 16.0. The average molecular weight is 717 g/mol. The van der Waals surface area contributed by atoms with Gasteiger partial charge >= 0.3 is 6.18 Å². The summed E-state index contributed by atoms with van der Waals surface area (Å²) in [5.74, 6) is -8.13. The lowest BCUT2D eigenvalue weighted by Gasteiger charge is -2.14. The molecule has 0 saturated carbocycles. The van der Waals surface area contributed by atoms with Crippen LogP contribution >= 0.6 is 0 Å². The molecule has 0 saturated heterocycles. The molecule has 258 valence electrons. The minimum atomic E-state index is -4.95. The summed E-state index contributed by atoms with van der Waals surface area (Å²) in [6.45, 7) is 1.67. The van der Waals surface area contributed by atoms with E-state index in [2.05, 4.69) is 19.9 Å². The van der Waals surface area contributed by atoms with Gasteiger partial charge in [0.1, 0.15) is 17.7 Å². The van der Waals surface area contributed by atoms with Gasteiger partial charge in [-0.3, -0.25) is 0 Å². The third-order valence-corrected chi connectivity index (χ3v) is 9.32. The summed E-state index contributed by atoms with van der Waals surface area (Å²) in [6, 6.07) is 7.60. The van der Waals surface area contributed by atoms with E-state index in [1.165, 1.54) is 18.3 Å². The van der Waals surface area contributed by atoms with Gasteiger partial charge in [-0.05, 0) is 77.2 Å². The molecule has 0 unspecified atom stereocenters. The van der Waals surface area contributed by atoms with Crippen LogP contribution in [0.25, 0.3) is 35.5 Å². The Bertz CT molecular complexity index is 3110. The Balaban J connectivity index is 1.60. The van der Waals surface area contributed by atoms with Gasteiger partial charge in [0.25, 0.3) is 0 Å². The summed E-state index contributed by atoms with van der Waals surface area (Å²) in [5.41, 5.74) is -4.14. The second-order valence-electron chi connectivity index (χ2n) is 12.4. The molecule has 13 heteroatoms. The first-order chi connectivity index (χ1) is 25.4. The molecule has 0 aliphatic heterocycles. The van der Waals surface area contributed by atoms with E-state index >= 15 is 17.6 Å². The van der Waals surface area contributed by atoms with Gasteiger partial charge in [0, 0.05) is 38.8 Å². The lowest BCUT2D eigenvalue weighted by molar-refractivity contribution is -0.138. The third kappa shape index (κ3) is 5.23. The lowest BCUT2D eigenvalue weighted by atomic mass is 9.90. The van der Waals surface area contributed by atoms with Gasteiger partial charge in [-0.15, -0.1) is 0 Å². The smallest absolute Gasteiger partial charge is 0.236 e. The summed E-state index contributed by atoms with van der Waals surface area (Å²) in [6.07, 6.45) is 10.1. The molecule has 0 fully saturated rings. The minimum absolute atomic E-state index is 0.0127. The zero-order valence-electron chi connectivity index (χ0n) is 27.2. The Kier molecular flexibility index (Phi) is 7.69. The Morgan fingerprint density at radius 3 is 1.75 bits per heavy atom. The van der Waals surface area contributed by atoms with Crippen molar-refractivity contribution in [3.05, 3.63) is 159 Å². The fraction of sp³-hybridized carbons (Fsp3) is 0.100. The Morgan fingerprint density at radius 1 is 0.698 bits per heavy atom. The van der Waals surface area contributed by atoms with Gasteiger partial charge in [0.2, 0.25) is 0 Å². The summed E-state index contributed by atoms with van der Waals surface area (Å²) >= 11 is 0. The molecule has 3 aliphatic rings. The number of hydrogen-bond acceptors (Lipinski definition) is 6. The number of nitrogens with zero attached hydrogens (tertiary/aromatic N) is 6. The summed E-state index contributed by atoms with van der Waals surface area (Å²) in [7, 11) is 0. The maximum Gasteiger partial charge on any atom is 0.417 e. The van der Waals surface area contributed by atoms with Crippen molar-refractivity contribution < 1.29 is 30.7 Å². The predicted octanol–water partition coefficient (Wildman–Crippen LogP) is 7.07.